The fourth-order valence-electron chi connectivity index (χ4n) is 2.76. The molecule has 1 aromatic carbocycles. The fourth-order valence-corrected chi connectivity index (χ4v) is 3.86. The summed E-state index contributed by atoms with van der Waals surface area (Å²) in [4.78, 5) is 0. The molecular weight excluding hydrogens is 277 g/mol. The average molecular weight is 297 g/mol. The molecule has 2 heterocycles. The predicted molar refractivity (Wildman–Crippen MR) is 78.7 cm³/mol. The first-order valence-electron chi connectivity index (χ1n) is 7.16. The molecule has 20 heavy (non-hydrogen) atoms. The Hall–Kier alpha value is -0.780. The van der Waals surface area contributed by atoms with Crippen LogP contribution in [0.1, 0.15) is 24.0 Å². The number of hydrogen-bond donors (Lipinski definition) is 1. The minimum absolute atomic E-state index is 0.207. The smallest absolute Gasteiger partial charge is 0.189 e. The van der Waals surface area contributed by atoms with E-state index in [9.17, 15) is 4.39 Å². The Labute approximate surface area is 123 Å². The molecular formula is C15H20FNO2S. The Kier molecular flexibility index (Phi) is 4.81. The van der Waals surface area contributed by atoms with Gasteiger partial charge in [-0.3, -0.25) is 0 Å². The second kappa shape index (κ2) is 6.78. The van der Waals surface area contributed by atoms with Crippen molar-refractivity contribution in [2.45, 2.75) is 31.9 Å². The molecule has 0 saturated carbocycles. The molecule has 110 valence electrons. The van der Waals surface area contributed by atoms with E-state index in [0.717, 1.165) is 29.8 Å². The standard InChI is InChI=1S/C15H20FNO2S/c16-13-7-11(15-12(8-13)9-18-10-19-15)1-4-17-14-2-5-20-6-3-14/h7-8,14,17H,1-6,9-10H2. The van der Waals surface area contributed by atoms with Gasteiger partial charge in [-0.05, 0) is 55.0 Å². The summed E-state index contributed by atoms with van der Waals surface area (Å²) < 4.78 is 24.3. The SMILES string of the molecule is Fc1cc(CCNC2CCSCC2)c2c(c1)COCO2. The molecule has 1 aromatic rings. The first kappa shape index (κ1) is 14.2. The molecule has 2 aliphatic heterocycles. The number of rotatable bonds is 4. The molecule has 5 heteroatoms. The van der Waals surface area contributed by atoms with Crippen molar-refractivity contribution in [1.82, 2.24) is 5.32 Å². The number of halogens is 1. The Morgan fingerprint density at radius 2 is 2.15 bits per heavy atom. The van der Waals surface area contributed by atoms with Crippen LogP contribution in [0, 0.1) is 5.82 Å². The van der Waals surface area contributed by atoms with Crippen LogP contribution in [-0.4, -0.2) is 30.9 Å². The highest BCUT2D eigenvalue weighted by Gasteiger charge is 2.17. The second-order valence-corrected chi connectivity index (χ2v) is 6.48. The largest absolute Gasteiger partial charge is 0.467 e. The molecule has 3 nitrogen and oxygen atoms in total. The van der Waals surface area contributed by atoms with E-state index in [4.69, 9.17) is 9.47 Å². The molecule has 0 bridgehead atoms. The van der Waals surface area contributed by atoms with Crippen molar-refractivity contribution >= 4 is 11.8 Å². The van der Waals surface area contributed by atoms with E-state index in [1.54, 1.807) is 6.07 Å². The van der Waals surface area contributed by atoms with Gasteiger partial charge in [0.05, 0.1) is 6.61 Å². The van der Waals surface area contributed by atoms with Gasteiger partial charge in [0.1, 0.15) is 11.6 Å². The summed E-state index contributed by atoms with van der Waals surface area (Å²) in [5, 5.41) is 3.57. The van der Waals surface area contributed by atoms with Crippen LogP contribution >= 0.6 is 11.8 Å². The highest BCUT2D eigenvalue weighted by molar-refractivity contribution is 7.99. The maximum absolute atomic E-state index is 13.6. The topological polar surface area (TPSA) is 30.5 Å². The molecule has 0 aromatic heterocycles. The Bertz CT molecular complexity index is 463. The number of hydrogen-bond acceptors (Lipinski definition) is 4. The molecule has 0 spiro atoms. The van der Waals surface area contributed by atoms with E-state index in [1.807, 2.05) is 11.8 Å². The lowest BCUT2D eigenvalue weighted by Gasteiger charge is -2.24. The van der Waals surface area contributed by atoms with Crippen molar-refractivity contribution in [2.75, 3.05) is 24.8 Å². The van der Waals surface area contributed by atoms with Gasteiger partial charge in [0.15, 0.2) is 6.79 Å². The molecule has 0 unspecified atom stereocenters. The lowest BCUT2D eigenvalue weighted by atomic mass is 10.0. The van der Waals surface area contributed by atoms with Crippen molar-refractivity contribution in [2.24, 2.45) is 0 Å². The summed E-state index contributed by atoms with van der Waals surface area (Å²) in [5.41, 5.74) is 1.77. The van der Waals surface area contributed by atoms with Crippen molar-refractivity contribution in [3.63, 3.8) is 0 Å². The monoisotopic (exact) mass is 297 g/mol. The van der Waals surface area contributed by atoms with Crippen LogP contribution in [0.2, 0.25) is 0 Å². The van der Waals surface area contributed by atoms with Gasteiger partial charge in [-0.2, -0.15) is 11.8 Å². The lowest BCUT2D eigenvalue weighted by molar-refractivity contribution is -0.0172. The first-order valence-corrected chi connectivity index (χ1v) is 8.31. The van der Waals surface area contributed by atoms with Crippen LogP contribution in [-0.2, 0) is 17.8 Å². The Balaban J connectivity index is 1.60. The molecule has 1 saturated heterocycles. The zero-order valence-corrected chi connectivity index (χ0v) is 12.3. The number of nitrogens with one attached hydrogen (secondary N) is 1. The summed E-state index contributed by atoms with van der Waals surface area (Å²) in [5.74, 6) is 3.10. The van der Waals surface area contributed by atoms with E-state index >= 15 is 0 Å². The third-order valence-corrected chi connectivity index (χ3v) is 4.85. The second-order valence-electron chi connectivity index (χ2n) is 5.25. The quantitative estimate of drug-likeness (QED) is 0.925. The number of ether oxygens (including phenoxy) is 2. The number of fused-ring (bicyclic) bond motifs is 1. The van der Waals surface area contributed by atoms with Crippen LogP contribution in [0.3, 0.4) is 0 Å². The zero-order chi connectivity index (χ0) is 13.8. The van der Waals surface area contributed by atoms with Crippen molar-refractivity contribution in [1.29, 1.82) is 0 Å². The highest BCUT2D eigenvalue weighted by Crippen LogP contribution is 2.29. The van der Waals surface area contributed by atoms with Gasteiger partial charge in [0.25, 0.3) is 0 Å². The van der Waals surface area contributed by atoms with Gasteiger partial charge in [0, 0.05) is 11.6 Å². The van der Waals surface area contributed by atoms with E-state index < -0.39 is 0 Å². The molecule has 1 fully saturated rings. The normalized spacial score (nSPS) is 19.4. The lowest BCUT2D eigenvalue weighted by Crippen LogP contribution is -2.34. The zero-order valence-electron chi connectivity index (χ0n) is 11.5. The van der Waals surface area contributed by atoms with Gasteiger partial charge in [-0.25, -0.2) is 4.39 Å². The van der Waals surface area contributed by atoms with Gasteiger partial charge in [-0.1, -0.05) is 0 Å². The van der Waals surface area contributed by atoms with Crippen molar-refractivity contribution < 1.29 is 13.9 Å². The maximum atomic E-state index is 13.6. The van der Waals surface area contributed by atoms with Crippen molar-refractivity contribution in [3.8, 4) is 5.75 Å². The minimum Gasteiger partial charge on any atom is -0.467 e. The summed E-state index contributed by atoms with van der Waals surface area (Å²) in [6, 6.07) is 3.71. The van der Waals surface area contributed by atoms with E-state index in [-0.39, 0.29) is 12.6 Å². The maximum Gasteiger partial charge on any atom is 0.189 e. The number of thioether (sulfide) groups is 1. The minimum atomic E-state index is -0.207. The van der Waals surface area contributed by atoms with Gasteiger partial charge < -0.3 is 14.8 Å². The molecule has 1 N–H and O–H groups in total. The summed E-state index contributed by atoms with van der Waals surface area (Å²) in [6.07, 6.45) is 3.26. The molecule has 3 rings (SSSR count). The first-order chi connectivity index (χ1) is 9.83. The van der Waals surface area contributed by atoms with Gasteiger partial charge >= 0.3 is 0 Å². The van der Waals surface area contributed by atoms with Gasteiger partial charge in [0.2, 0.25) is 0 Å². The summed E-state index contributed by atoms with van der Waals surface area (Å²) >= 11 is 2.03. The third kappa shape index (κ3) is 3.45. The van der Waals surface area contributed by atoms with Crippen LogP contribution in [0.25, 0.3) is 0 Å². The van der Waals surface area contributed by atoms with Gasteiger partial charge in [-0.15, -0.1) is 0 Å². The van der Waals surface area contributed by atoms with E-state index in [2.05, 4.69) is 5.32 Å². The summed E-state index contributed by atoms with van der Waals surface area (Å²) in [6.45, 7) is 1.57. The molecule has 0 amide bonds. The highest BCUT2D eigenvalue weighted by atomic mass is 32.2. The molecule has 0 atom stereocenters. The fraction of sp³-hybridized carbons (Fsp3) is 0.600. The van der Waals surface area contributed by atoms with Crippen molar-refractivity contribution in [3.05, 3.63) is 29.1 Å². The Morgan fingerprint density at radius 3 is 3.00 bits per heavy atom. The molecule has 0 radical (unpaired) electrons. The average Bonchev–Trinajstić information content (AvgIpc) is 2.48. The summed E-state index contributed by atoms with van der Waals surface area (Å²) in [7, 11) is 0. The van der Waals surface area contributed by atoms with E-state index in [1.165, 1.54) is 30.4 Å². The van der Waals surface area contributed by atoms with Crippen LogP contribution in [0.4, 0.5) is 4.39 Å². The van der Waals surface area contributed by atoms with Crippen LogP contribution in [0.15, 0.2) is 12.1 Å². The van der Waals surface area contributed by atoms with E-state index in [0.29, 0.717) is 12.6 Å². The van der Waals surface area contributed by atoms with Crippen LogP contribution in [0.5, 0.6) is 5.75 Å². The van der Waals surface area contributed by atoms with Crippen LogP contribution < -0.4 is 10.1 Å². The Morgan fingerprint density at radius 1 is 1.30 bits per heavy atom. The number of benzene rings is 1. The molecule has 0 aliphatic carbocycles. The molecule has 2 aliphatic rings. The predicted octanol–water partition coefficient (Wildman–Crippen LogP) is 2.72. The third-order valence-electron chi connectivity index (χ3n) is 3.80.